The molecule has 3 amide bonds. The van der Waals surface area contributed by atoms with Gasteiger partial charge in [-0.25, -0.2) is 9.59 Å². The Morgan fingerprint density at radius 2 is 1.87 bits per heavy atom. The summed E-state index contributed by atoms with van der Waals surface area (Å²) >= 11 is 1.39. The Kier molecular flexibility index (Phi) is 8.12. The molecule has 2 aromatic rings. The molecule has 2 unspecified atom stereocenters. The number of ether oxygens (including phenoxy) is 1. The molecule has 0 aliphatic carbocycles. The van der Waals surface area contributed by atoms with Crippen LogP contribution in [0.4, 0.5) is 18.0 Å². The van der Waals surface area contributed by atoms with Gasteiger partial charge in [-0.05, 0) is 43.0 Å². The van der Waals surface area contributed by atoms with Gasteiger partial charge in [0.05, 0.1) is 28.7 Å². The van der Waals surface area contributed by atoms with E-state index < -0.39 is 29.8 Å². The smallest absolute Gasteiger partial charge is 0.416 e. The fourth-order valence-corrected chi connectivity index (χ4v) is 5.42. The number of amides is 3. The van der Waals surface area contributed by atoms with E-state index in [1.54, 1.807) is 13.0 Å². The number of nitrogens with zero attached hydrogens (tertiary/aromatic N) is 3. The number of piperazine rings is 1. The van der Waals surface area contributed by atoms with Gasteiger partial charge in [0, 0.05) is 45.0 Å². The highest BCUT2D eigenvalue weighted by atomic mass is 32.1. The molecule has 12 heteroatoms. The lowest BCUT2D eigenvalue weighted by molar-refractivity contribution is -0.139. The van der Waals surface area contributed by atoms with Gasteiger partial charge in [-0.15, -0.1) is 11.3 Å². The van der Waals surface area contributed by atoms with Crippen LogP contribution in [-0.2, 0) is 15.7 Å². The van der Waals surface area contributed by atoms with Crippen molar-refractivity contribution in [3.63, 3.8) is 0 Å². The number of likely N-dealkylation sites (N-methyl/N-ethyl adjacent to an activating group) is 1. The van der Waals surface area contributed by atoms with Crippen LogP contribution in [0.1, 0.15) is 40.7 Å². The average molecular weight is 551 g/mol. The highest BCUT2D eigenvalue weighted by Crippen LogP contribution is 2.34. The SMILES string of the molecule is CCOC(=O)C1=C(CN2CCN(C(=O)c3cccs3)C(C)C2)N(C)C(=O)NC1c1ccc(C(F)(F)F)cc1. The molecule has 8 nitrogen and oxygen atoms in total. The van der Waals surface area contributed by atoms with Crippen LogP contribution >= 0.6 is 11.3 Å². The Bertz CT molecular complexity index is 1210. The van der Waals surface area contributed by atoms with Gasteiger partial charge in [-0.2, -0.15) is 13.2 Å². The van der Waals surface area contributed by atoms with E-state index in [9.17, 15) is 27.6 Å². The molecule has 1 fully saturated rings. The Balaban J connectivity index is 1.62. The summed E-state index contributed by atoms with van der Waals surface area (Å²) in [4.78, 5) is 44.8. The lowest BCUT2D eigenvalue weighted by atomic mass is 9.93. The number of halogens is 3. The molecule has 3 heterocycles. The molecular weight excluding hydrogens is 521 g/mol. The summed E-state index contributed by atoms with van der Waals surface area (Å²) in [7, 11) is 1.53. The summed E-state index contributed by atoms with van der Waals surface area (Å²) < 4.78 is 44.6. The van der Waals surface area contributed by atoms with Crippen LogP contribution in [0, 0.1) is 0 Å². The van der Waals surface area contributed by atoms with Gasteiger partial charge in [0.2, 0.25) is 0 Å². The van der Waals surface area contributed by atoms with Crippen LogP contribution in [0.25, 0.3) is 0 Å². The summed E-state index contributed by atoms with van der Waals surface area (Å²) in [5.41, 5.74) is 0.0758. The maximum absolute atomic E-state index is 13.1. The number of carbonyl (C=O) groups is 3. The quantitative estimate of drug-likeness (QED) is 0.548. The van der Waals surface area contributed by atoms with Crippen molar-refractivity contribution in [1.82, 2.24) is 20.0 Å². The van der Waals surface area contributed by atoms with E-state index in [1.807, 2.05) is 23.3 Å². The van der Waals surface area contributed by atoms with Crippen molar-refractivity contribution in [2.45, 2.75) is 32.1 Å². The molecule has 38 heavy (non-hydrogen) atoms. The Hall–Kier alpha value is -3.38. The molecule has 2 aliphatic rings. The van der Waals surface area contributed by atoms with Gasteiger partial charge in [0.25, 0.3) is 5.91 Å². The minimum Gasteiger partial charge on any atom is -0.463 e. The monoisotopic (exact) mass is 550 g/mol. The standard InChI is InChI=1S/C26H29F3N4O4S/c1-4-37-24(35)21-19(15-32-11-12-33(16(2)14-32)23(34)20-6-5-13-38-20)31(3)25(36)30-22(21)17-7-9-18(10-8-17)26(27,28)29/h5-10,13,16,22H,4,11-12,14-15H2,1-3H3,(H,30,36). The zero-order valence-electron chi connectivity index (χ0n) is 21.2. The normalized spacial score (nSPS) is 20.9. The summed E-state index contributed by atoms with van der Waals surface area (Å²) in [6.07, 6.45) is -4.51. The fourth-order valence-electron chi connectivity index (χ4n) is 4.74. The average Bonchev–Trinajstić information content (AvgIpc) is 3.41. The zero-order chi connectivity index (χ0) is 27.6. The van der Waals surface area contributed by atoms with E-state index in [1.165, 1.54) is 35.4 Å². The third-order valence-corrected chi connectivity index (χ3v) is 7.58. The molecule has 204 valence electrons. The molecule has 0 bridgehead atoms. The number of esters is 1. The number of rotatable bonds is 6. The van der Waals surface area contributed by atoms with E-state index >= 15 is 0 Å². The van der Waals surface area contributed by atoms with Crippen molar-refractivity contribution in [2.24, 2.45) is 0 Å². The first kappa shape index (κ1) is 27.6. The van der Waals surface area contributed by atoms with E-state index in [0.717, 1.165) is 12.1 Å². The van der Waals surface area contributed by atoms with Crippen LogP contribution in [0.5, 0.6) is 0 Å². The molecule has 0 saturated carbocycles. The van der Waals surface area contributed by atoms with Gasteiger partial charge in [-0.1, -0.05) is 18.2 Å². The van der Waals surface area contributed by atoms with Crippen molar-refractivity contribution in [3.8, 4) is 0 Å². The second-order valence-electron chi connectivity index (χ2n) is 9.20. The van der Waals surface area contributed by atoms with Crippen LogP contribution in [0.3, 0.4) is 0 Å². The van der Waals surface area contributed by atoms with E-state index in [-0.39, 0.29) is 30.7 Å². The van der Waals surface area contributed by atoms with Gasteiger partial charge in [0.15, 0.2) is 0 Å². The van der Waals surface area contributed by atoms with E-state index in [2.05, 4.69) is 10.2 Å². The van der Waals surface area contributed by atoms with Gasteiger partial charge >= 0.3 is 18.2 Å². The van der Waals surface area contributed by atoms with Crippen LogP contribution in [0.2, 0.25) is 0 Å². The molecule has 2 aliphatic heterocycles. The minimum absolute atomic E-state index is 0.0323. The molecular formula is C26H29F3N4O4S. The van der Waals surface area contributed by atoms with Crippen LogP contribution in [-0.4, -0.2) is 78.5 Å². The van der Waals surface area contributed by atoms with Gasteiger partial charge in [-0.3, -0.25) is 14.6 Å². The molecule has 1 saturated heterocycles. The second kappa shape index (κ2) is 11.2. The predicted octanol–water partition coefficient (Wildman–Crippen LogP) is 4.13. The topological polar surface area (TPSA) is 82.2 Å². The van der Waals surface area contributed by atoms with Crippen molar-refractivity contribution in [2.75, 3.05) is 39.8 Å². The van der Waals surface area contributed by atoms with Gasteiger partial charge < -0.3 is 15.0 Å². The third kappa shape index (κ3) is 5.70. The van der Waals surface area contributed by atoms with Crippen molar-refractivity contribution in [3.05, 3.63) is 69.1 Å². The number of hydrogen-bond acceptors (Lipinski definition) is 6. The minimum atomic E-state index is -4.51. The first-order valence-electron chi connectivity index (χ1n) is 12.2. The first-order valence-corrected chi connectivity index (χ1v) is 13.1. The first-order chi connectivity index (χ1) is 18.0. The maximum atomic E-state index is 13.1. The number of hydrogen-bond donors (Lipinski definition) is 1. The second-order valence-corrected chi connectivity index (χ2v) is 10.1. The summed E-state index contributed by atoms with van der Waals surface area (Å²) in [6.45, 7) is 5.41. The lowest BCUT2D eigenvalue weighted by Gasteiger charge is -2.42. The fraction of sp³-hybridized carbons (Fsp3) is 0.423. The highest BCUT2D eigenvalue weighted by Gasteiger charge is 2.39. The Morgan fingerprint density at radius 3 is 2.45 bits per heavy atom. The Labute approximate surface area is 222 Å². The molecule has 1 aromatic carbocycles. The van der Waals surface area contributed by atoms with Gasteiger partial charge in [0.1, 0.15) is 0 Å². The Morgan fingerprint density at radius 1 is 1.16 bits per heavy atom. The molecule has 0 radical (unpaired) electrons. The van der Waals surface area contributed by atoms with Crippen LogP contribution < -0.4 is 5.32 Å². The van der Waals surface area contributed by atoms with Crippen molar-refractivity contribution < 1.29 is 32.3 Å². The maximum Gasteiger partial charge on any atom is 0.416 e. The number of alkyl halides is 3. The highest BCUT2D eigenvalue weighted by molar-refractivity contribution is 7.12. The largest absolute Gasteiger partial charge is 0.463 e. The number of nitrogens with one attached hydrogen (secondary N) is 1. The number of urea groups is 1. The number of benzene rings is 1. The molecule has 4 rings (SSSR count). The summed E-state index contributed by atoms with van der Waals surface area (Å²) in [5, 5.41) is 4.58. The molecule has 0 spiro atoms. The number of thiophene rings is 1. The van der Waals surface area contributed by atoms with Crippen molar-refractivity contribution in [1.29, 1.82) is 0 Å². The number of carbonyl (C=O) groups excluding carboxylic acids is 3. The lowest BCUT2D eigenvalue weighted by Crippen LogP contribution is -2.56. The molecule has 1 aromatic heterocycles. The molecule has 1 N–H and O–H groups in total. The van der Waals surface area contributed by atoms with E-state index in [4.69, 9.17) is 4.74 Å². The van der Waals surface area contributed by atoms with E-state index in [0.29, 0.717) is 35.8 Å². The molecule has 2 atom stereocenters. The third-order valence-electron chi connectivity index (χ3n) is 6.72. The van der Waals surface area contributed by atoms with Crippen molar-refractivity contribution >= 4 is 29.2 Å². The summed E-state index contributed by atoms with van der Waals surface area (Å²) in [5.74, 6) is -0.686. The van der Waals surface area contributed by atoms with Crippen LogP contribution in [0.15, 0.2) is 53.0 Å². The zero-order valence-corrected chi connectivity index (χ0v) is 22.1. The summed E-state index contributed by atoms with van der Waals surface area (Å²) in [6, 6.07) is 6.41. The predicted molar refractivity (Wildman–Crippen MR) is 135 cm³/mol.